The molecule has 0 bridgehead atoms. The molecule has 0 fully saturated rings. The summed E-state index contributed by atoms with van der Waals surface area (Å²) in [5.74, 6) is 1.86. The molecule has 9 aromatic carbocycles. The van der Waals surface area contributed by atoms with E-state index in [0.29, 0.717) is 17.5 Å². The number of fused-ring (bicyclic) bond motifs is 13. The fraction of sp³-hybridized carbons (Fsp3) is 0.0172. The maximum absolute atomic E-state index is 6.15. The predicted octanol–water partition coefficient (Wildman–Crippen LogP) is 14.4. The highest BCUT2D eigenvalue weighted by Gasteiger charge is 2.52. The normalized spacial score (nSPS) is 13.0. The van der Waals surface area contributed by atoms with Crippen molar-refractivity contribution in [2.24, 2.45) is 0 Å². The zero-order valence-corrected chi connectivity index (χ0v) is 33.5. The standard InChI is InChI=1S/C58H35N3O/c1-2-15-36(16-3-1)55-59-56(40-19-12-17-37(33-40)38-31-32-53-48(35-38)46-24-7-11-30-52(46)62-53)61-57(60-55)41-20-13-18-39(34-41)42-25-14-26-47-45-23-6-10-29-51(45)58(54(42)47)49-27-8-4-21-43(49)44-22-5-9-28-50(44)58/h1-35H. The van der Waals surface area contributed by atoms with Crippen LogP contribution >= 0.6 is 0 Å². The molecule has 4 nitrogen and oxygen atoms in total. The van der Waals surface area contributed by atoms with Gasteiger partial charge in [-0.1, -0.05) is 182 Å². The zero-order valence-electron chi connectivity index (χ0n) is 33.5. The quantitative estimate of drug-likeness (QED) is 0.174. The topological polar surface area (TPSA) is 51.8 Å². The Hall–Kier alpha value is -8.21. The molecule has 0 aliphatic heterocycles. The van der Waals surface area contributed by atoms with Crippen LogP contribution in [-0.2, 0) is 5.41 Å². The average molecular weight is 790 g/mol. The van der Waals surface area contributed by atoms with E-state index in [-0.39, 0.29) is 0 Å². The van der Waals surface area contributed by atoms with Crippen molar-refractivity contribution in [3.63, 3.8) is 0 Å². The highest BCUT2D eigenvalue weighted by atomic mass is 16.3. The maximum Gasteiger partial charge on any atom is 0.164 e. The van der Waals surface area contributed by atoms with Crippen molar-refractivity contribution in [1.29, 1.82) is 0 Å². The van der Waals surface area contributed by atoms with Gasteiger partial charge >= 0.3 is 0 Å². The van der Waals surface area contributed by atoms with Crippen LogP contribution in [0.2, 0.25) is 0 Å². The van der Waals surface area contributed by atoms with Gasteiger partial charge in [-0.2, -0.15) is 0 Å². The van der Waals surface area contributed by atoms with Crippen molar-refractivity contribution in [3.8, 4) is 78.7 Å². The molecule has 1 spiro atoms. The summed E-state index contributed by atoms with van der Waals surface area (Å²) in [4.78, 5) is 15.5. The third-order valence-corrected chi connectivity index (χ3v) is 12.9. The van der Waals surface area contributed by atoms with Crippen molar-refractivity contribution in [3.05, 3.63) is 235 Å². The summed E-state index contributed by atoms with van der Waals surface area (Å²) in [6.07, 6.45) is 0. The Bertz CT molecular complexity index is 3540. The number of benzene rings is 9. The Kier molecular flexibility index (Phi) is 7.49. The average Bonchev–Trinajstić information content (AvgIpc) is 3.98. The molecule has 0 atom stereocenters. The summed E-state index contributed by atoms with van der Waals surface area (Å²) >= 11 is 0. The van der Waals surface area contributed by atoms with Gasteiger partial charge in [-0.25, -0.2) is 15.0 Å². The van der Waals surface area contributed by atoms with E-state index in [9.17, 15) is 0 Å². The summed E-state index contributed by atoms with van der Waals surface area (Å²) in [7, 11) is 0. The molecule has 0 saturated carbocycles. The maximum atomic E-state index is 6.15. The van der Waals surface area contributed by atoms with Gasteiger partial charge in [0.05, 0.1) is 5.41 Å². The largest absolute Gasteiger partial charge is 0.456 e. The first-order valence-corrected chi connectivity index (χ1v) is 21.1. The second-order valence-corrected chi connectivity index (χ2v) is 16.3. The van der Waals surface area contributed by atoms with E-state index >= 15 is 0 Å². The summed E-state index contributed by atoms with van der Waals surface area (Å²) in [6.45, 7) is 0. The monoisotopic (exact) mass is 789 g/mol. The van der Waals surface area contributed by atoms with Crippen LogP contribution in [-0.4, -0.2) is 15.0 Å². The minimum atomic E-state index is -0.465. The molecule has 2 aromatic heterocycles. The third-order valence-electron chi connectivity index (χ3n) is 12.9. The van der Waals surface area contributed by atoms with Gasteiger partial charge in [-0.05, 0) is 97.1 Å². The van der Waals surface area contributed by atoms with Crippen LogP contribution in [0, 0.1) is 0 Å². The highest BCUT2D eigenvalue weighted by Crippen LogP contribution is 2.64. The first-order valence-electron chi connectivity index (χ1n) is 21.1. The van der Waals surface area contributed by atoms with Crippen LogP contribution in [0.3, 0.4) is 0 Å². The number of nitrogens with zero attached hydrogens (tertiary/aromatic N) is 3. The summed E-state index contributed by atoms with van der Waals surface area (Å²) < 4.78 is 6.15. The van der Waals surface area contributed by atoms with Crippen molar-refractivity contribution >= 4 is 21.9 Å². The van der Waals surface area contributed by atoms with Gasteiger partial charge in [0.1, 0.15) is 11.2 Å². The number of furan rings is 1. The number of para-hydroxylation sites is 1. The molecular formula is C58H35N3O. The van der Waals surface area contributed by atoms with Gasteiger partial charge in [0, 0.05) is 27.5 Å². The Labute approximate surface area is 358 Å². The molecule has 0 N–H and O–H groups in total. The van der Waals surface area contributed by atoms with Crippen molar-refractivity contribution < 1.29 is 4.42 Å². The SMILES string of the molecule is c1ccc(-c2nc(-c3cccc(-c4ccc5oc6ccccc6c5c4)c3)nc(-c3cccc(-c4cccc5c4C4(c6ccccc6-c6ccccc64)c4ccccc4-5)c3)n2)cc1. The molecule has 2 aliphatic carbocycles. The van der Waals surface area contributed by atoms with E-state index in [1.165, 1.54) is 50.1 Å². The molecule has 0 unspecified atom stereocenters. The van der Waals surface area contributed by atoms with Crippen LogP contribution in [0.1, 0.15) is 22.3 Å². The Balaban J connectivity index is 0.974. The number of hydrogen-bond donors (Lipinski definition) is 0. The Morgan fingerprint density at radius 3 is 1.44 bits per heavy atom. The zero-order chi connectivity index (χ0) is 40.8. The summed E-state index contributed by atoms with van der Waals surface area (Å²) in [6, 6.07) is 75.7. The molecule has 4 heteroatoms. The van der Waals surface area contributed by atoms with Crippen LogP contribution in [0.5, 0.6) is 0 Å². The molecule has 0 radical (unpaired) electrons. The van der Waals surface area contributed by atoms with Gasteiger partial charge in [0.2, 0.25) is 0 Å². The van der Waals surface area contributed by atoms with Gasteiger partial charge in [-0.15, -0.1) is 0 Å². The summed E-state index contributed by atoms with van der Waals surface area (Å²) in [5, 5.41) is 2.20. The lowest BCUT2D eigenvalue weighted by Gasteiger charge is -2.32. The molecule has 0 saturated heterocycles. The lowest BCUT2D eigenvalue weighted by molar-refractivity contribution is 0.669. The number of hydrogen-bond acceptors (Lipinski definition) is 4. The second kappa shape index (κ2) is 13.4. The van der Waals surface area contributed by atoms with Crippen LogP contribution in [0.4, 0.5) is 0 Å². The number of rotatable bonds is 5. The van der Waals surface area contributed by atoms with E-state index in [1.54, 1.807) is 0 Å². The Morgan fingerprint density at radius 2 is 0.742 bits per heavy atom. The fourth-order valence-corrected chi connectivity index (χ4v) is 10.3. The molecule has 288 valence electrons. The van der Waals surface area contributed by atoms with E-state index in [2.05, 4.69) is 182 Å². The van der Waals surface area contributed by atoms with Gasteiger partial charge in [0.25, 0.3) is 0 Å². The molecule has 62 heavy (non-hydrogen) atoms. The predicted molar refractivity (Wildman–Crippen MR) is 251 cm³/mol. The number of aromatic nitrogens is 3. The lowest BCUT2D eigenvalue weighted by atomic mass is 9.68. The fourth-order valence-electron chi connectivity index (χ4n) is 10.3. The van der Waals surface area contributed by atoms with E-state index in [0.717, 1.165) is 55.3 Å². The minimum Gasteiger partial charge on any atom is -0.456 e. The van der Waals surface area contributed by atoms with Gasteiger partial charge in [0.15, 0.2) is 17.5 Å². The Morgan fingerprint density at radius 1 is 0.290 bits per heavy atom. The molecular weight excluding hydrogens is 755 g/mol. The first kappa shape index (κ1) is 34.6. The van der Waals surface area contributed by atoms with Crippen LogP contribution in [0.15, 0.2) is 217 Å². The lowest BCUT2D eigenvalue weighted by Crippen LogP contribution is -2.26. The second-order valence-electron chi connectivity index (χ2n) is 16.3. The van der Waals surface area contributed by atoms with Crippen molar-refractivity contribution in [2.75, 3.05) is 0 Å². The van der Waals surface area contributed by atoms with Gasteiger partial charge < -0.3 is 4.42 Å². The first-order chi connectivity index (χ1) is 30.7. The minimum absolute atomic E-state index is 0.465. The molecule has 2 heterocycles. The summed E-state index contributed by atoms with van der Waals surface area (Å²) in [5.41, 5.74) is 19.0. The molecule has 11 aromatic rings. The molecule has 2 aliphatic rings. The molecule has 13 rings (SSSR count). The molecule has 0 amide bonds. The van der Waals surface area contributed by atoms with E-state index in [1.807, 2.05) is 30.3 Å². The van der Waals surface area contributed by atoms with Crippen LogP contribution < -0.4 is 0 Å². The van der Waals surface area contributed by atoms with Crippen molar-refractivity contribution in [1.82, 2.24) is 15.0 Å². The van der Waals surface area contributed by atoms with Gasteiger partial charge in [-0.3, -0.25) is 0 Å². The third kappa shape index (κ3) is 5.04. The smallest absolute Gasteiger partial charge is 0.164 e. The van der Waals surface area contributed by atoms with E-state index < -0.39 is 5.41 Å². The van der Waals surface area contributed by atoms with Crippen LogP contribution in [0.25, 0.3) is 101 Å². The van der Waals surface area contributed by atoms with Crippen molar-refractivity contribution in [2.45, 2.75) is 5.41 Å². The highest BCUT2D eigenvalue weighted by molar-refractivity contribution is 6.06. The van der Waals surface area contributed by atoms with E-state index in [4.69, 9.17) is 19.4 Å².